The Labute approximate surface area is 156 Å². The van der Waals surface area contributed by atoms with Crippen LogP contribution >= 0.6 is 0 Å². The number of phenols is 2. The SMILES string of the molecule is Oc1ccc(C2CCC(C3CCCCC3)C(c3ccc(O)cc3)C2)cc1. The molecule has 2 aliphatic carbocycles. The van der Waals surface area contributed by atoms with Crippen LogP contribution in [0.1, 0.15) is 74.3 Å². The van der Waals surface area contributed by atoms with Crippen LogP contribution in [0.5, 0.6) is 11.5 Å². The monoisotopic (exact) mass is 350 g/mol. The van der Waals surface area contributed by atoms with Crippen molar-refractivity contribution in [2.24, 2.45) is 11.8 Å². The molecule has 3 unspecified atom stereocenters. The van der Waals surface area contributed by atoms with Crippen molar-refractivity contribution in [1.29, 1.82) is 0 Å². The Morgan fingerprint density at radius 3 is 1.81 bits per heavy atom. The van der Waals surface area contributed by atoms with Gasteiger partial charge in [0.15, 0.2) is 0 Å². The summed E-state index contributed by atoms with van der Waals surface area (Å²) in [5.74, 6) is 3.48. The number of aromatic hydroxyl groups is 2. The molecule has 0 heterocycles. The van der Waals surface area contributed by atoms with Gasteiger partial charge < -0.3 is 10.2 Å². The maximum Gasteiger partial charge on any atom is 0.115 e. The van der Waals surface area contributed by atoms with Crippen molar-refractivity contribution in [1.82, 2.24) is 0 Å². The van der Waals surface area contributed by atoms with Crippen LogP contribution in [0.2, 0.25) is 0 Å². The van der Waals surface area contributed by atoms with Crippen molar-refractivity contribution in [3.8, 4) is 11.5 Å². The van der Waals surface area contributed by atoms with Gasteiger partial charge in [0.2, 0.25) is 0 Å². The van der Waals surface area contributed by atoms with Gasteiger partial charge >= 0.3 is 0 Å². The molecule has 2 aromatic carbocycles. The van der Waals surface area contributed by atoms with Gasteiger partial charge in [-0.25, -0.2) is 0 Å². The van der Waals surface area contributed by atoms with Gasteiger partial charge in [0.25, 0.3) is 0 Å². The largest absolute Gasteiger partial charge is 0.508 e. The van der Waals surface area contributed by atoms with E-state index in [1.165, 1.54) is 62.5 Å². The van der Waals surface area contributed by atoms with E-state index in [2.05, 4.69) is 24.3 Å². The first-order valence-corrected chi connectivity index (χ1v) is 10.3. The zero-order valence-corrected chi connectivity index (χ0v) is 15.5. The molecule has 26 heavy (non-hydrogen) atoms. The lowest BCUT2D eigenvalue weighted by molar-refractivity contribution is 0.159. The highest BCUT2D eigenvalue weighted by Crippen LogP contribution is 2.50. The second-order valence-electron chi connectivity index (χ2n) is 8.36. The Kier molecular flexibility index (Phi) is 5.19. The fourth-order valence-corrected chi connectivity index (χ4v) is 5.47. The van der Waals surface area contributed by atoms with Crippen LogP contribution < -0.4 is 0 Å². The quantitative estimate of drug-likeness (QED) is 0.677. The summed E-state index contributed by atoms with van der Waals surface area (Å²) in [7, 11) is 0. The average molecular weight is 351 g/mol. The second kappa shape index (κ2) is 7.73. The molecule has 0 aliphatic heterocycles. The van der Waals surface area contributed by atoms with Crippen LogP contribution in [0.25, 0.3) is 0 Å². The summed E-state index contributed by atoms with van der Waals surface area (Å²) in [5.41, 5.74) is 2.75. The minimum atomic E-state index is 0.347. The molecule has 2 nitrogen and oxygen atoms in total. The smallest absolute Gasteiger partial charge is 0.115 e. The summed E-state index contributed by atoms with van der Waals surface area (Å²) >= 11 is 0. The lowest BCUT2D eigenvalue weighted by Crippen LogP contribution is -2.29. The van der Waals surface area contributed by atoms with Crippen molar-refractivity contribution in [2.45, 2.75) is 63.2 Å². The Balaban J connectivity index is 1.59. The minimum Gasteiger partial charge on any atom is -0.508 e. The van der Waals surface area contributed by atoms with Gasteiger partial charge in [0.1, 0.15) is 11.5 Å². The molecule has 2 aliphatic rings. The molecular formula is C24H30O2. The summed E-state index contributed by atoms with van der Waals surface area (Å²) in [6.07, 6.45) is 10.7. The average Bonchev–Trinajstić information content (AvgIpc) is 2.69. The third kappa shape index (κ3) is 3.75. The summed E-state index contributed by atoms with van der Waals surface area (Å²) < 4.78 is 0. The topological polar surface area (TPSA) is 40.5 Å². The lowest BCUT2D eigenvalue weighted by Gasteiger charge is -2.42. The third-order valence-corrected chi connectivity index (χ3v) is 6.84. The molecule has 0 spiro atoms. The van der Waals surface area contributed by atoms with E-state index in [1.54, 1.807) is 0 Å². The molecular weight excluding hydrogens is 320 g/mol. The van der Waals surface area contributed by atoms with E-state index in [0.717, 1.165) is 11.8 Å². The first-order valence-electron chi connectivity index (χ1n) is 10.3. The summed E-state index contributed by atoms with van der Waals surface area (Å²) in [6.45, 7) is 0. The molecule has 0 saturated heterocycles. The zero-order chi connectivity index (χ0) is 17.9. The van der Waals surface area contributed by atoms with Crippen molar-refractivity contribution >= 4 is 0 Å². The van der Waals surface area contributed by atoms with Crippen LogP contribution in [-0.4, -0.2) is 10.2 Å². The van der Waals surface area contributed by atoms with Crippen LogP contribution in [0.3, 0.4) is 0 Å². The van der Waals surface area contributed by atoms with E-state index in [9.17, 15) is 10.2 Å². The normalized spacial score (nSPS) is 27.3. The lowest BCUT2D eigenvalue weighted by atomic mass is 9.63. The predicted molar refractivity (Wildman–Crippen MR) is 106 cm³/mol. The standard InChI is InChI=1S/C24H30O2/c25-21-11-6-17(7-12-21)20-10-15-23(18-4-2-1-3-5-18)24(16-20)19-8-13-22(26)14-9-19/h6-9,11-14,18,20,23-26H,1-5,10,15-16H2. The molecule has 0 amide bonds. The number of benzene rings is 2. The van der Waals surface area contributed by atoms with Gasteiger partial charge in [0.05, 0.1) is 0 Å². The number of phenolic OH excluding ortho intramolecular Hbond substituents is 2. The van der Waals surface area contributed by atoms with Crippen molar-refractivity contribution < 1.29 is 10.2 Å². The van der Waals surface area contributed by atoms with E-state index in [-0.39, 0.29) is 0 Å². The molecule has 2 N–H and O–H groups in total. The van der Waals surface area contributed by atoms with Crippen molar-refractivity contribution in [2.75, 3.05) is 0 Å². The molecule has 0 aromatic heterocycles. The fourth-order valence-electron chi connectivity index (χ4n) is 5.47. The zero-order valence-electron chi connectivity index (χ0n) is 15.5. The highest BCUT2D eigenvalue weighted by molar-refractivity contribution is 5.32. The Morgan fingerprint density at radius 2 is 1.19 bits per heavy atom. The molecule has 2 heteroatoms. The maximum atomic E-state index is 9.70. The second-order valence-corrected chi connectivity index (χ2v) is 8.36. The molecule has 2 fully saturated rings. The first-order chi connectivity index (χ1) is 12.7. The first kappa shape index (κ1) is 17.5. The minimum absolute atomic E-state index is 0.347. The maximum absolute atomic E-state index is 9.70. The van der Waals surface area contributed by atoms with Crippen molar-refractivity contribution in [3.63, 3.8) is 0 Å². The van der Waals surface area contributed by atoms with Gasteiger partial charge in [-0.1, -0.05) is 56.4 Å². The molecule has 2 aromatic rings. The molecule has 0 bridgehead atoms. The number of hydrogen-bond acceptors (Lipinski definition) is 2. The molecule has 138 valence electrons. The summed E-state index contributed by atoms with van der Waals surface area (Å²) in [5, 5.41) is 19.3. The van der Waals surface area contributed by atoms with E-state index in [4.69, 9.17) is 0 Å². The highest BCUT2D eigenvalue weighted by atomic mass is 16.3. The third-order valence-electron chi connectivity index (χ3n) is 6.84. The van der Waals surface area contributed by atoms with E-state index >= 15 is 0 Å². The van der Waals surface area contributed by atoms with Gasteiger partial charge in [-0.15, -0.1) is 0 Å². The Hall–Kier alpha value is -1.96. The van der Waals surface area contributed by atoms with Gasteiger partial charge in [-0.05, 0) is 78.3 Å². The molecule has 4 rings (SSSR count). The van der Waals surface area contributed by atoms with Gasteiger partial charge in [-0.2, -0.15) is 0 Å². The number of hydrogen-bond donors (Lipinski definition) is 2. The van der Waals surface area contributed by atoms with E-state index in [0.29, 0.717) is 23.3 Å². The molecule has 0 radical (unpaired) electrons. The van der Waals surface area contributed by atoms with Gasteiger partial charge in [-0.3, -0.25) is 0 Å². The van der Waals surface area contributed by atoms with E-state index < -0.39 is 0 Å². The Morgan fingerprint density at radius 1 is 0.615 bits per heavy atom. The predicted octanol–water partition coefficient (Wildman–Crippen LogP) is 6.35. The summed E-state index contributed by atoms with van der Waals surface area (Å²) in [4.78, 5) is 0. The molecule has 3 atom stereocenters. The van der Waals surface area contributed by atoms with Crippen molar-refractivity contribution in [3.05, 3.63) is 59.7 Å². The van der Waals surface area contributed by atoms with Gasteiger partial charge in [0, 0.05) is 0 Å². The fraction of sp³-hybridized carbons (Fsp3) is 0.500. The molecule has 2 saturated carbocycles. The Bertz CT molecular complexity index is 698. The van der Waals surface area contributed by atoms with Crippen LogP contribution in [0.15, 0.2) is 48.5 Å². The van der Waals surface area contributed by atoms with Crippen LogP contribution in [0.4, 0.5) is 0 Å². The summed E-state index contributed by atoms with van der Waals surface area (Å²) in [6, 6.07) is 15.8. The van der Waals surface area contributed by atoms with Crippen LogP contribution in [0, 0.1) is 11.8 Å². The highest BCUT2D eigenvalue weighted by Gasteiger charge is 2.37. The number of rotatable bonds is 3. The van der Waals surface area contributed by atoms with Crippen LogP contribution in [-0.2, 0) is 0 Å². The van der Waals surface area contributed by atoms with E-state index in [1.807, 2.05) is 24.3 Å².